The molecule has 0 aliphatic carbocycles. The van der Waals surface area contributed by atoms with Gasteiger partial charge in [0.25, 0.3) is 0 Å². The summed E-state index contributed by atoms with van der Waals surface area (Å²) >= 11 is 0. The summed E-state index contributed by atoms with van der Waals surface area (Å²) in [6.07, 6.45) is 0.942. The van der Waals surface area contributed by atoms with E-state index < -0.39 is 0 Å². The number of ether oxygens (including phenoxy) is 1. The van der Waals surface area contributed by atoms with Gasteiger partial charge in [-0.3, -0.25) is 0 Å². The second kappa shape index (κ2) is 10.4. The summed E-state index contributed by atoms with van der Waals surface area (Å²) in [6, 6.07) is 40.2. The molecule has 1 N–H and O–H groups in total. The van der Waals surface area contributed by atoms with Crippen molar-refractivity contribution in [3.05, 3.63) is 138 Å². The van der Waals surface area contributed by atoms with Gasteiger partial charge in [-0.1, -0.05) is 103 Å². The molecule has 0 fully saturated rings. The maximum Gasteiger partial charge on any atom is 0.119 e. The number of hydrogen-bond donors (Lipinski definition) is 1. The third-order valence-corrected chi connectivity index (χ3v) is 5.21. The lowest BCUT2D eigenvalue weighted by Crippen LogP contribution is -2.23. The topological polar surface area (TPSA) is 21.3 Å². The van der Waals surface area contributed by atoms with Gasteiger partial charge in [0.2, 0.25) is 0 Å². The van der Waals surface area contributed by atoms with Crippen molar-refractivity contribution in [2.75, 3.05) is 0 Å². The molecule has 0 amide bonds. The van der Waals surface area contributed by atoms with Crippen LogP contribution in [0.5, 0.6) is 5.75 Å². The Morgan fingerprint density at radius 2 is 1.10 bits per heavy atom. The standard InChI is InChI=1S/C28H27NO/c1-4-10-23(11-5-1)20-28(29-21-24-12-6-2-7-13-24)26-16-18-27(19-17-26)30-22-25-14-8-3-9-15-25/h1-19,28-29H,20-22H2. The second-order valence-corrected chi connectivity index (χ2v) is 7.45. The number of hydrogen-bond acceptors (Lipinski definition) is 2. The molecule has 0 aliphatic heterocycles. The fraction of sp³-hybridized carbons (Fsp3) is 0.143. The van der Waals surface area contributed by atoms with Gasteiger partial charge in [-0.15, -0.1) is 0 Å². The van der Waals surface area contributed by atoms with Crippen LogP contribution in [0.1, 0.15) is 28.3 Å². The van der Waals surface area contributed by atoms with E-state index in [-0.39, 0.29) is 6.04 Å². The Balaban J connectivity index is 1.44. The fourth-order valence-electron chi connectivity index (χ4n) is 3.53. The van der Waals surface area contributed by atoms with E-state index in [2.05, 4.69) is 102 Å². The average molecular weight is 394 g/mol. The van der Waals surface area contributed by atoms with Crippen LogP contribution >= 0.6 is 0 Å². The third-order valence-electron chi connectivity index (χ3n) is 5.21. The van der Waals surface area contributed by atoms with Gasteiger partial charge in [0.05, 0.1) is 0 Å². The third kappa shape index (κ3) is 5.82. The normalized spacial score (nSPS) is 11.7. The minimum atomic E-state index is 0.232. The molecule has 1 unspecified atom stereocenters. The lowest BCUT2D eigenvalue weighted by Gasteiger charge is -2.20. The van der Waals surface area contributed by atoms with Crippen molar-refractivity contribution in [2.45, 2.75) is 25.6 Å². The fourth-order valence-corrected chi connectivity index (χ4v) is 3.53. The van der Waals surface area contributed by atoms with Gasteiger partial charge in [0.15, 0.2) is 0 Å². The molecule has 0 spiro atoms. The molecule has 4 aromatic carbocycles. The summed E-state index contributed by atoms with van der Waals surface area (Å²) < 4.78 is 5.95. The van der Waals surface area contributed by atoms with E-state index in [0.717, 1.165) is 18.7 Å². The SMILES string of the molecule is c1ccc(CNC(Cc2ccccc2)c2ccc(OCc3ccccc3)cc2)cc1. The lowest BCUT2D eigenvalue weighted by atomic mass is 9.98. The van der Waals surface area contributed by atoms with Crippen LogP contribution in [0.2, 0.25) is 0 Å². The molecule has 4 aromatic rings. The molecule has 4 rings (SSSR count). The zero-order chi connectivity index (χ0) is 20.4. The molecular weight excluding hydrogens is 366 g/mol. The van der Waals surface area contributed by atoms with E-state index in [1.165, 1.54) is 22.3 Å². The molecular formula is C28H27NO. The van der Waals surface area contributed by atoms with Crippen LogP contribution < -0.4 is 10.1 Å². The number of benzene rings is 4. The van der Waals surface area contributed by atoms with Gasteiger partial charge in [-0.2, -0.15) is 0 Å². The molecule has 0 saturated carbocycles. The van der Waals surface area contributed by atoms with Gasteiger partial charge >= 0.3 is 0 Å². The molecule has 0 heterocycles. The summed E-state index contributed by atoms with van der Waals surface area (Å²) in [4.78, 5) is 0. The Morgan fingerprint density at radius 1 is 0.567 bits per heavy atom. The summed E-state index contributed by atoms with van der Waals surface area (Å²) in [5.74, 6) is 0.893. The van der Waals surface area contributed by atoms with E-state index in [4.69, 9.17) is 4.74 Å². The molecule has 0 radical (unpaired) electrons. The van der Waals surface area contributed by atoms with E-state index in [9.17, 15) is 0 Å². The zero-order valence-electron chi connectivity index (χ0n) is 17.1. The quantitative estimate of drug-likeness (QED) is 0.358. The van der Waals surface area contributed by atoms with Crippen LogP contribution in [0, 0.1) is 0 Å². The van der Waals surface area contributed by atoms with Crippen molar-refractivity contribution in [2.24, 2.45) is 0 Å². The monoisotopic (exact) mass is 393 g/mol. The Kier molecular flexibility index (Phi) is 6.93. The molecule has 0 aromatic heterocycles. The van der Waals surface area contributed by atoms with E-state index >= 15 is 0 Å². The largest absolute Gasteiger partial charge is 0.489 e. The first-order valence-corrected chi connectivity index (χ1v) is 10.4. The highest BCUT2D eigenvalue weighted by atomic mass is 16.5. The predicted octanol–water partition coefficient (Wildman–Crippen LogP) is 6.34. The Hall–Kier alpha value is -3.36. The first-order valence-electron chi connectivity index (χ1n) is 10.4. The van der Waals surface area contributed by atoms with Crippen molar-refractivity contribution in [3.8, 4) is 5.75 Å². The second-order valence-electron chi connectivity index (χ2n) is 7.45. The summed E-state index contributed by atoms with van der Waals surface area (Å²) in [5.41, 5.74) is 5.06. The minimum absolute atomic E-state index is 0.232. The summed E-state index contributed by atoms with van der Waals surface area (Å²) in [6.45, 7) is 1.42. The minimum Gasteiger partial charge on any atom is -0.489 e. The van der Waals surface area contributed by atoms with Crippen LogP contribution in [-0.2, 0) is 19.6 Å². The lowest BCUT2D eigenvalue weighted by molar-refractivity contribution is 0.306. The molecule has 150 valence electrons. The van der Waals surface area contributed by atoms with Gasteiger partial charge in [0, 0.05) is 12.6 Å². The molecule has 1 atom stereocenters. The van der Waals surface area contributed by atoms with Crippen molar-refractivity contribution < 1.29 is 4.74 Å². The highest BCUT2D eigenvalue weighted by Gasteiger charge is 2.12. The highest BCUT2D eigenvalue weighted by Crippen LogP contribution is 2.23. The van der Waals surface area contributed by atoms with E-state index in [1.54, 1.807) is 0 Å². The number of nitrogens with one attached hydrogen (secondary N) is 1. The summed E-state index contributed by atoms with van der Waals surface area (Å²) in [7, 11) is 0. The molecule has 2 nitrogen and oxygen atoms in total. The molecule has 0 bridgehead atoms. The van der Waals surface area contributed by atoms with Gasteiger partial charge in [-0.05, 0) is 40.8 Å². The Bertz CT molecular complexity index is 999. The molecule has 0 saturated heterocycles. The number of rotatable bonds is 9. The van der Waals surface area contributed by atoms with Gasteiger partial charge < -0.3 is 10.1 Å². The van der Waals surface area contributed by atoms with Crippen LogP contribution in [0.25, 0.3) is 0 Å². The Labute approximate surface area is 179 Å². The Morgan fingerprint density at radius 3 is 1.70 bits per heavy atom. The average Bonchev–Trinajstić information content (AvgIpc) is 2.83. The van der Waals surface area contributed by atoms with Gasteiger partial charge in [0.1, 0.15) is 12.4 Å². The van der Waals surface area contributed by atoms with Crippen LogP contribution in [0.15, 0.2) is 115 Å². The van der Waals surface area contributed by atoms with Crippen molar-refractivity contribution in [3.63, 3.8) is 0 Å². The van der Waals surface area contributed by atoms with E-state index in [0.29, 0.717) is 6.61 Å². The maximum atomic E-state index is 5.95. The maximum absolute atomic E-state index is 5.95. The van der Waals surface area contributed by atoms with Crippen molar-refractivity contribution in [1.82, 2.24) is 5.32 Å². The summed E-state index contributed by atoms with van der Waals surface area (Å²) in [5, 5.41) is 3.74. The predicted molar refractivity (Wildman–Crippen MR) is 123 cm³/mol. The molecule has 30 heavy (non-hydrogen) atoms. The smallest absolute Gasteiger partial charge is 0.119 e. The van der Waals surface area contributed by atoms with Crippen molar-refractivity contribution >= 4 is 0 Å². The van der Waals surface area contributed by atoms with Crippen molar-refractivity contribution in [1.29, 1.82) is 0 Å². The van der Waals surface area contributed by atoms with Crippen LogP contribution in [0.3, 0.4) is 0 Å². The first kappa shape index (κ1) is 19.9. The molecule has 2 heteroatoms. The zero-order valence-corrected chi connectivity index (χ0v) is 17.1. The molecule has 0 aliphatic rings. The highest BCUT2D eigenvalue weighted by molar-refractivity contribution is 5.31. The van der Waals surface area contributed by atoms with E-state index in [1.807, 2.05) is 18.2 Å². The first-order chi connectivity index (χ1) is 14.9. The van der Waals surface area contributed by atoms with Crippen LogP contribution in [0.4, 0.5) is 0 Å². The van der Waals surface area contributed by atoms with Crippen LogP contribution in [-0.4, -0.2) is 0 Å². The van der Waals surface area contributed by atoms with Gasteiger partial charge in [-0.25, -0.2) is 0 Å².